The predicted octanol–water partition coefficient (Wildman–Crippen LogP) is 0.978. The molecule has 0 spiro atoms. The maximum Gasteiger partial charge on any atom is 0.166 e. The zero-order chi connectivity index (χ0) is 10.6. The Balaban J connectivity index is 2.58. The van der Waals surface area contributed by atoms with E-state index in [2.05, 4.69) is 5.10 Å². The average Bonchev–Trinajstić information content (AvgIpc) is 2.61. The van der Waals surface area contributed by atoms with Crippen molar-refractivity contribution in [1.29, 1.82) is 0 Å². The van der Waals surface area contributed by atoms with Gasteiger partial charge in [-0.2, -0.15) is 5.10 Å². The first-order chi connectivity index (χ1) is 6.67. The molecule has 4 heteroatoms. The molecule has 0 aliphatic heterocycles. The van der Waals surface area contributed by atoms with E-state index in [9.17, 15) is 4.79 Å². The molecule has 1 aromatic heterocycles. The minimum atomic E-state index is 0.135. The Morgan fingerprint density at radius 3 is 2.86 bits per heavy atom. The van der Waals surface area contributed by atoms with Gasteiger partial charge in [0.25, 0.3) is 0 Å². The number of hydrogen-bond donors (Lipinski definition) is 1. The molecule has 0 fully saturated rings. The first-order valence-corrected chi connectivity index (χ1v) is 4.89. The van der Waals surface area contributed by atoms with E-state index in [1.807, 2.05) is 6.92 Å². The lowest BCUT2D eigenvalue weighted by atomic mass is 9.98. The van der Waals surface area contributed by atoms with Crippen LogP contribution in [-0.2, 0) is 7.05 Å². The summed E-state index contributed by atoms with van der Waals surface area (Å²) in [4.78, 5) is 11.7. The number of Topliss-reactive ketones (excluding diaryl/α,β-unsaturated/α-hetero) is 1. The molecule has 0 aliphatic carbocycles. The molecule has 0 saturated heterocycles. The SMILES string of the molecule is CCC(CN)CC(=O)c1cnn(C)c1. The van der Waals surface area contributed by atoms with E-state index in [1.54, 1.807) is 24.1 Å². The van der Waals surface area contributed by atoms with Crippen LogP contribution >= 0.6 is 0 Å². The van der Waals surface area contributed by atoms with Crippen LogP contribution in [0.1, 0.15) is 30.1 Å². The highest BCUT2D eigenvalue weighted by Gasteiger charge is 2.13. The largest absolute Gasteiger partial charge is 0.330 e. The number of carbonyl (C=O) groups excluding carboxylic acids is 1. The van der Waals surface area contributed by atoms with Gasteiger partial charge >= 0.3 is 0 Å². The summed E-state index contributed by atoms with van der Waals surface area (Å²) in [6, 6.07) is 0. The maximum absolute atomic E-state index is 11.7. The lowest BCUT2D eigenvalue weighted by molar-refractivity contribution is 0.0961. The van der Waals surface area contributed by atoms with Crippen molar-refractivity contribution in [3.63, 3.8) is 0 Å². The zero-order valence-electron chi connectivity index (χ0n) is 8.73. The molecule has 1 atom stereocenters. The molecule has 14 heavy (non-hydrogen) atoms. The van der Waals surface area contributed by atoms with Crippen LogP contribution in [0.4, 0.5) is 0 Å². The molecule has 0 aromatic carbocycles. The molecule has 0 bridgehead atoms. The molecule has 78 valence electrons. The molecule has 1 rings (SSSR count). The predicted molar refractivity (Wildman–Crippen MR) is 55.0 cm³/mol. The van der Waals surface area contributed by atoms with Crippen molar-refractivity contribution in [1.82, 2.24) is 9.78 Å². The van der Waals surface area contributed by atoms with Crippen molar-refractivity contribution in [2.24, 2.45) is 18.7 Å². The van der Waals surface area contributed by atoms with E-state index in [4.69, 9.17) is 5.73 Å². The van der Waals surface area contributed by atoms with Crippen LogP contribution in [0.15, 0.2) is 12.4 Å². The topological polar surface area (TPSA) is 60.9 Å². The highest BCUT2D eigenvalue weighted by atomic mass is 16.1. The van der Waals surface area contributed by atoms with Gasteiger partial charge in [0.1, 0.15) is 0 Å². The number of rotatable bonds is 5. The number of nitrogens with zero attached hydrogens (tertiary/aromatic N) is 2. The van der Waals surface area contributed by atoms with E-state index < -0.39 is 0 Å². The minimum absolute atomic E-state index is 0.135. The summed E-state index contributed by atoms with van der Waals surface area (Å²) in [7, 11) is 1.80. The molecule has 2 N–H and O–H groups in total. The second kappa shape index (κ2) is 4.91. The number of nitrogens with two attached hydrogens (primary N) is 1. The molecule has 0 radical (unpaired) electrons. The van der Waals surface area contributed by atoms with Crippen molar-refractivity contribution in [2.45, 2.75) is 19.8 Å². The third-order valence-electron chi connectivity index (χ3n) is 2.41. The third kappa shape index (κ3) is 2.67. The van der Waals surface area contributed by atoms with Crippen LogP contribution in [0.25, 0.3) is 0 Å². The standard InChI is InChI=1S/C10H17N3O/c1-3-8(5-11)4-10(14)9-6-12-13(2)7-9/h6-8H,3-5,11H2,1-2H3. The van der Waals surface area contributed by atoms with Crippen molar-refractivity contribution in [3.8, 4) is 0 Å². The Labute approximate surface area is 84.1 Å². The summed E-state index contributed by atoms with van der Waals surface area (Å²) in [5, 5.41) is 3.96. The number of aryl methyl sites for hydroxylation is 1. The van der Waals surface area contributed by atoms with E-state index in [0.29, 0.717) is 24.4 Å². The van der Waals surface area contributed by atoms with E-state index >= 15 is 0 Å². The van der Waals surface area contributed by atoms with Crippen molar-refractivity contribution < 1.29 is 4.79 Å². The van der Waals surface area contributed by atoms with Crippen LogP contribution in [0.2, 0.25) is 0 Å². The second-order valence-electron chi connectivity index (χ2n) is 3.54. The first kappa shape index (κ1) is 10.9. The van der Waals surface area contributed by atoms with Gasteiger partial charge in [0.2, 0.25) is 0 Å². The Bertz CT molecular complexity index is 302. The zero-order valence-corrected chi connectivity index (χ0v) is 8.73. The van der Waals surface area contributed by atoms with Gasteiger partial charge in [-0.1, -0.05) is 13.3 Å². The fourth-order valence-electron chi connectivity index (χ4n) is 1.34. The quantitative estimate of drug-likeness (QED) is 0.712. The van der Waals surface area contributed by atoms with E-state index in [-0.39, 0.29) is 5.78 Å². The smallest absolute Gasteiger partial charge is 0.166 e. The first-order valence-electron chi connectivity index (χ1n) is 4.89. The van der Waals surface area contributed by atoms with Crippen molar-refractivity contribution in [3.05, 3.63) is 18.0 Å². The molecular formula is C10H17N3O. The Morgan fingerprint density at radius 2 is 2.43 bits per heavy atom. The number of carbonyl (C=O) groups is 1. The second-order valence-corrected chi connectivity index (χ2v) is 3.54. The summed E-state index contributed by atoms with van der Waals surface area (Å²) >= 11 is 0. The van der Waals surface area contributed by atoms with Crippen LogP contribution in [0.3, 0.4) is 0 Å². The lowest BCUT2D eigenvalue weighted by Gasteiger charge is -2.09. The minimum Gasteiger partial charge on any atom is -0.330 e. The van der Waals surface area contributed by atoms with Gasteiger partial charge in [-0.25, -0.2) is 0 Å². The summed E-state index contributed by atoms with van der Waals surface area (Å²) < 4.78 is 1.64. The van der Waals surface area contributed by atoms with Gasteiger partial charge in [0.15, 0.2) is 5.78 Å². The highest BCUT2D eigenvalue weighted by Crippen LogP contribution is 2.11. The maximum atomic E-state index is 11.7. The summed E-state index contributed by atoms with van der Waals surface area (Å²) in [6.07, 6.45) is 4.82. The molecule has 0 amide bonds. The molecule has 1 unspecified atom stereocenters. The Morgan fingerprint density at radius 1 is 1.71 bits per heavy atom. The lowest BCUT2D eigenvalue weighted by Crippen LogP contribution is -2.17. The summed E-state index contributed by atoms with van der Waals surface area (Å²) in [6.45, 7) is 2.62. The van der Waals surface area contributed by atoms with Crippen molar-refractivity contribution in [2.75, 3.05) is 6.54 Å². The number of ketones is 1. The fourth-order valence-corrected chi connectivity index (χ4v) is 1.34. The van der Waals surface area contributed by atoms with Crippen LogP contribution < -0.4 is 5.73 Å². The molecule has 0 aliphatic rings. The van der Waals surface area contributed by atoms with E-state index in [0.717, 1.165) is 6.42 Å². The number of aromatic nitrogens is 2. The molecule has 4 nitrogen and oxygen atoms in total. The molecule has 1 heterocycles. The summed E-state index contributed by atoms with van der Waals surface area (Å²) in [5.74, 6) is 0.429. The average molecular weight is 195 g/mol. The van der Waals surface area contributed by atoms with Crippen LogP contribution in [-0.4, -0.2) is 22.1 Å². The van der Waals surface area contributed by atoms with Gasteiger partial charge in [0, 0.05) is 19.7 Å². The van der Waals surface area contributed by atoms with Crippen LogP contribution in [0.5, 0.6) is 0 Å². The van der Waals surface area contributed by atoms with E-state index in [1.165, 1.54) is 0 Å². The molecule has 1 aromatic rings. The molecular weight excluding hydrogens is 178 g/mol. The van der Waals surface area contributed by atoms with Gasteiger partial charge in [-0.3, -0.25) is 9.48 Å². The number of hydrogen-bond acceptors (Lipinski definition) is 3. The summed E-state index contributed by atoms with van der Waals surface area (Å²) in [5.41, 5.74) is 6.22. The Hall–Kier alpha value is -1.16. The monoisotopic (exact) mass is 195 g/mol. The highest BCUT2D eigenvalue weighted by molar-refractivity contribution is 5.95. The van der Waals surface area contributed by atoms with Gasteiger partial charge in [-0.05, 0) is 12.5 Å². The van der Waals surface area contributed by atoms with Gasteiger partial charge in [-0.15, -0.1) is 0 Å². The Kier molecular flexibility index (Phi) is 3.83. The normalized spacial score (nSPS) is 12.8. The van der Waals surface area contributed by atoms with Crippen LogP contribution in [0, 0.1) is 5.92 Å². The van der Waals surface area contributed by atoms with Crippen molar-refractivity contribution >= 4 is 5.78 Å². The molecule has 0 saturated carbocycles. The van der Waals surface area contributed by atoms with Gasteiger partial charge < -0.3 is 5.73 Å². The fraction of sp³-hybridized carbons (Fsp3) is 0.600. The van der Waals surface area contributed by atoms with Gasteiger partial charge in [0.05, 0.1) is 11.8 Å². The third-order valence-corrected chi connectivity index (χ3v) is 2.41.